The Hall–Kier alpha value is -3.22. The van der Waals surface area contributed by atoms with E-state index in [0.29, 0.717) is 11.1 Å². The van der Waals surface area contributed by atoms with Gasteiger partial charge in [-0.2, -0.15) is 8.78 Å². The van der Waals surface area contributed by atoms with Gasteiger partial charge in [-0.1, -0.05) is 24.3 Å². The number of aryl methyl sites for hydroxylation is 1. The summed E-state index contributed by atoms with van der Waals surface area (Å²) in [6.45, 7) is 0.420. The van der Waals surface area contributed by atoms with Crippen LogP contribution in [0.2, 0.25) is 0 Å². The van der Waals surface area contributed by atoms with Crippen molar-refractivity contribution in [1.29, 1.82) is 0 Å². The van der Waals surface area contributed by atoms with Crippen LogP contribution in [0.25, 0.3) is 6.08 Å². The van der Waals surface area contributed by atoms with Gasteiger partial charge in [0.25, 0.3) is 0 Å². The quantitative estimate of drug-likeness (QED) is 0.754. The molecule has 0 aliphatic carbocycles. The number of hydrogen-bond donors (Lipinski definition) is 2. The van der Waals surface area contributed by atoms with Crippen LogP contribution in [0.1, 0.15) is 27.0 Å². The number of alkyl halides is 2. The number of halogens is 2. The van der Waals surface area contributed by atoms with Crippen molar-refractivity contribution >= 4 is 23.6 Å². The number of carboxylic acid groups (broad SMARTS) is 1. The predicted octanol–water partition coefficient (Wildman–Crippen LogP) is 4.25. The van der Waals surface area contributed by atoms with Gasteiger partial charge in [0.05, 0.1) is 11.3 Å². The molecule has 2 aromatic rings. The lowest BCUT2D eigenvalue weighted by molar-refractivity contribution is -0.111. The molecule has 0 spiro atoms. The fourth-order valence-electron chi connectivity index (χ4n) is 2.31. The first-order chi connectivity index (χ1) is 12.3. The molecule has 5 nitrogen and oxygen atoms in total. The maximum Gasteiger partial charge on any atom is 0.387 e. The molecule has 0 bridgehead atoms. The third-order valence-electron chi connectivity index (χ3n) is 3.74. The van der Waals surface area contributed by atoms with Gasteiger partial charge in [-0.05, 0) is 43.2 Å². The number of benzene rings is 2. The Balaban J connectivity index is 2.24. The van der Waals surface area contributed by atoms with Crippen LogP contribution < -0.4 is 10.1 Å². The minimum Gasteiger partial charge on any atom is -0.478 e. The minimum absolute atomic E-state index is 0.00464. The van der Waals surface area contributed by atoms with E-state index in [4.69, 9.17) is 5.11 Å². The first-order valence-corrected chi connectivity index (χ1v) is 7.66. The first-order valence-electron chi connectivity index (χ1n) is 7.66. The Morgan fingerprint density at radius 3 is 2.50 bits per heavy atom. The maximum absolute atomic E-state index is 12.6. The predicted molar refractivity (Wildman–Crippen MR) is 93.6 cm³/mol. The molecule has 0 aliphatic rings. The number of amides is 1. The molecule has 0 radical (unpaired) electrons. The van der Waals surface area contributed by atoms with Crippen molar-refractivity contribution < 1.29 is 28.2 Å². The maximum atomic E-state index is 12.6. The van der Waals surface area contributed by atoms with Crippen LogP contribution in [-0.4, -0.2) is 23.6 Å². The van der Waals surface area contributed by atoms with Crippen molar-refractivity contribution in [2.45, 2.75) is 20.5 Å². The van der Waals surface area contributed by atoms with Crippen LogP contribution in [0, 0.1) is 13.8 Å². The fraction of sp³-hybridized carbons (Fsp3) is 0.158. The molecule has 0 atom stereocenters. The standard InChI is InChI=1S/C19H17F2NO4/c1-11-7-8-13(17(12(11)2)26-19(20)21)9-10-16(23)22-15-6-4-3-5-14(15)18(24)25/h3-10,19H,1-2H3,(H,22,23)(H,24,25)/b10-9+. The van der Waals surface area contributed by atoms with E-state index in [2.05, 4.69) is 10.1 Å². The number of aromatic carboxylic acids is 1. The number of rotatable bonds is 6. The van der Waals surface area contributed by atoms with Gasteiger partial charge in [0, 0.05) is 11.6 Å². The van der Waals surface area contributed by atoms with Gasteiger partial charge >= 0.3 is 12.6 Å². The monoisotopic (exact) mass is 361 g/mol. The van der Waals surface area contributed by atoms with Crippen molar-refractivity contribution in [3.8, 4) is 5.75 Å². The average Bonchev–Trinajstić information content (AvgIpc) is 2.58. The van der Waals surface area contributed by atoms with E-state index in [1.807, 2.05) is 0 Å². The number of carboxylic acids is 1. The second-order valence-corrected chi connectivity index (χ2v) is 5.48. The molecule has 2 aromatic carbocycles. The van der Waals surface area contributed by atoms with Crippen molar-refractivity contribution in [3.05, 3.63) is 64.7 Å². The van der Waals surface area contributed by atoms with Crippen molar-refractivity contribution in [2.24, 2.45) is 0 Å². The molecule has 0 saturated carbocycles. The summed E-state index contributed by atoms with van der Waals surface area (Å²) in [5, 5.41) is 11.6. The van der Waals surface area contributed by atoms with E-state index in [9.17, 15) is 18.4 Å². The first kappa shape index (κ1) is 19.1. The summed E-state index contributed by atoms with van der Waals surface area (Å²) in [5.74, 6) is -1.78. The number of ether oxygens (including phenoxy) is 1. The van der Waals surface area contributed by atoms with Crippen LogP contribution in [0.3, 0.4) is 0 Å². The van der Waals surface area contributed by atoms with Gasteiger partial charge in [0.15, 0.2) is 0 Å². The van der Waals surface area contributed by atoms with Gasteiger partial charge < -0.3 is 15.2 Å². The summed E-state index contributed by atoms with van der Waals surface area (Å²) >= 11 is 0. The summed E-state index contributed by atoms with van der Waals surface area (Å²) in [6, 6.07) is 9.23. The van der Waals surface area contributed by atoms with Crippen molar-refractivity contribution in [3.63, 3.8) is 0 Å². The molecule has 0 saturated heterocycles. The summed E-state index contributed by atoms with van der Waals surface area (Å²) < 4.78 is 29.8. The molecule has 26 heavy (non-hydrogen) atoms. The Bertz CT molecular complexity index is 863. The lowest BCUT2D eigenvalue weighted by Crippen LogP contribution is -2.12. The highest BCUT2D eigenvalue weighted by molar-refractivity contribution is 6.06. The molecule has 1 amide bonds. The van der Waals surface area contributed by atoms with Crippen molar-refractivity contribution in [1.82, 2.24) is 0 Å². The third-order valence-corrected chi connectivity index (χ3v) is 3.74. The van der Waals surface area contributed by atoms with E-state index in [0.717, 1.165) is 11.6 Å². The number of hydrogen-bond acceptors (Lipinski definition) is 3. The number of para-hydroxylation sites is 1. The zero-order valence-corrected chi connectivity index (χ0v) is 14.1. The summed E-state index contributed by atoms with van der Waals surface area (Å²) in [7, 11) is 0. The van der Waals surface area contributed by atoms with Crippen LogP contribution in [0.15, 0.2) is 42.5 Å². The summed E-state index contributed by atoms with van der Waals surface area (Å²) in [6.07, 6.45) is 2.46. The second-order valence-electron chi connectivity index (χ2n) is 5.48. The van der Waals surface area contributed by atoms with E-state index < -0.39 is 18.5 Å². The average molecular weight is 361 g/mol. The molecule has 0 heterocycles. The lowest BCUT2D eigenvalue weighted by Gasteiger charge is -2.13. The SMILES string of the molecule is Cc1ccc(/C=C/C(=O)Nc2ccccc2C(=O)O)c(OC(F)F)c1C. The highest BCUT2D eigenvalue weighted by Crippen LogP contribution is 2.29. The van der Waals surface area contributed by atoms with E-state index in [1.54, 1.807) is 32.0 Å². The molecule has 0 aromatic heterocycles. The molecular weight excluding hydrogens is 344 g/mol. The molecule has 7 heteroatoms. The Morgan fingerprint density at radius 1 is 1.15 bits per heavy atom. The topological polar surface area (TPSA) is 75.6 Å². The Kier molecular flexibility index (Phi) is 6.06. The fourth-order valence-corrected chi connectivity index (χ4v) is 2.31. The minimum atomic E-state index is -2.99. The Labute approximate surface area is 148 Å². The van der Waals surface area contributed by atoms with Crippen LogP contribution in [-0.2, 0) is 4.79 Å². The van der Waals surface area contributed by atoms with Crippen LogP contribution in [0.5, 0.6) is 5.75 Å². The largest absolute Gasteiger partial charge is 0.478 e. The normalized spacial score (nSPS) is 11.0. The van der Waals surface area contributed by atoms with Crippen LogP contribution in [0.4, 0.5) is 14.5 Å². The molecule has 0 fully saturated rings. The van der Waals surface area contributed by atoms with Crippen molar-refractivity contribution in [2.75, 3.05) is 5.32 Å². The lowest BCUT2D eigenvalue weighted by atomic mass is 10.0. The zero-order chi connectivity index (χ0) is 19.3. The molecule has 2 N–H and O–H groups in total. The van der Waals surface area contributed by atoms with E-state index in [1.165, 1.54) is 24.3 Å². The third kappa shape index (κ3) is 4.66. The molecular formula is C19H17F2NO4. The van der Waals surface area contributed by atoms with Gasteiger partial charge in [0.2, 0.25) is 5.91 Å². The van der Waals surface area contributed by atoms with E-state index in [-0.39, 0.29) is 17.0 Å². The number of anilines is 1. The van der Waals surface area contributed by atoms with E-state index >= 15 is 0 Å². The van der Waals surface area contributed by atoms with Gasteiger partial charge in [-0.25, -0.2) is 4.79 Å². The van der Waals surface area contributed by atoms with Crippen LogP contribution >= 0.6 is 0 Å². The van der Waals surface area contributed by atoms with Gasteiger partial charge in [0.1, 0.15) is 5.75 Å². The number of carbonyl (C=O) groups is 2. The second kappa shape index (κ2) is 8.24. The number of carbonyl (C=O) groups excluding carboxylic acids is 1. The Morgan fingerprint density at radius 2 is 1.85 bits per heavy atom. The smallest absolute Gasteiger partial charge is 0.387 e. The molecule has 0 aliphatic heterocycles. The van der Waals surface area contributed by atoms with Gasteiger partial charge in [-0.3, -0.25) is 4.79 Å². The molecule has 0 unspecified atom stereocenters. The highest BCUT2D eigenvalue weighted by atomic mass is 19.3. The summed E-state index contributed by atoms with van der Waals surface area (Å²) in [5.41, 5.74) is 1.72. The molecule has 136 valence electrons. The molecule has 2 rings (SSSR count). The highest BCUT2D eigenvalue weighted by Gasteiger charge is 2.14. The number of nitrogens with one attached hydrogen (secondary N) is 1. The zero-order valence-electron chi connectivity index (χ0n) is 14.1. The summed E-state index contributed by atoms with van der Waals surface area (Å²) in [4.78, 5) is 23.2. The van der Waals surface area contributed by atoms with Gasteiger partial charge in [-0.15, -0.1) is 0 Å².